The van der Waals surface area contributed by atoms with Crippen LogP contribution in [0.3, 0.4) is 0 Å². The Morgan fingerprint density at radius 3 is 2.38 bits per heavy atom. The molecule has 0 aliphatic rings. The van der Waals surface area contributed by atoms with Crippen molar-refractivity contribution in [3.05, 3.63) is 47.5 Å². The number of nitrogens with zero attached hydrogens (tertiary/aromatic N) is 1. The van der Waals surface area contributed by atoms with Crippen LogP contribution in [-0.4, -0.2) is 40.1 Å². The summed E-state index contributed by atoms with van der Waals surface area (Å²) in [6.45, 7) is 2.33. The molecule has 1 amide bonds. The second-order valence-electron chi connectivity index (χ2n) is 5.05. The number of amides is 1. The smallest absolute Gasteiger partial charge is 0.275 e. The molecule has 2 aromatic carbocycles. The van der Waals surface area contributed by atoms with Gasteiger partial charge in [0.15, 0.2) is 11.5 Å². The van der Waals surface area contributed by atoms with Crippen LogP contribution >= 0.6 is 0 Å². The van der Waals surface area contributed by atoms with Gasteiger partial charge in [0.05, 0.1) is 39.7 Å². The van der Waals surface area contributed by atoms with Crippen molar-refractivity contribution < 1.29 is 23.7 Å². The van der Waals surface area contributed by atoms with Gasteiger partial charge in [-0.25, -0.2) is 5.43 Å². The fourth-order valence-corrected chi connectivity index (χ4v) is 2.38. The number of hydrogen-bond donors (Lipinski definition) is 1. The van der Waals surface area contributed by atoms with E-state index in [0.717, 1.165) is 0 Å². The molecule has 0 aromatic heterocycles. The summed E-state index contributed by atoms with van der Waals surface area (Å²) < 4.78 is 21.4. The number of methoxy groups -OCH3 is 3. The zero-order valence-corrected chi connectivity index (χ0v) is 15.2. The van der Waals surface area contributed by atoms with Crippen molar-refractivity contribution in [2.24, 2.45) is 5.10 Å². The van der Waals surface area contributed by atoms with Crippen LogP contribution in [0.1, 0.15) is 22.8 Å². The number of nitrogens with one attached hydrogen (secondary N) is 1. The molecule has 26 heavy (non-hydrogen) atoms. The monoisotopic (exact) mass is 358 g/mol. The molecule has 138 valence electrons. The highest BCUT2D eigenvalue weighted by atomic mass is 16.5. The Balaban J connectivity index is 2.20. The molecule has 0 spiro atoms. The predicted octanol–water partition coefficient (Wildman–Crippen LogP) is 2.88. The Kier molecular flexibility index (Phi) is 6.84. The molecule has 0 saturated heterocycles. The first-order valence-corrected chi connectivity index (χ1v) is 8.00. The van der Waals surface area contributed by atoms with Crippen LogP contribution in [0.4, 0.5) is 0 Å². The average molecular weight is 358 g/mol. The van der Waals surface area contributed by atoms with Gasteiger partial charge >= 0.3 is 0 Å². The standard InChI is InChI=1S/C19H22N2O5/c1-5-26-15-9-7-6-8-14(15)19(22)21-20-12-13-10-11-16(23-2)18(25-4)17(13)24-3/h6-12H,5H2,1-4H3,(H,21,22)/b20-12-. The first-order valence-electron chi connectivity index (χ1n) is 8.00. The van der Waals surface area contributed by atoms with E-state index in [4.69, 9.17) is 18.9 Å². The van der Waals surface area contributed by atoms with E-state index in [9.17, 15) is 4.79 Å². The third-order valence-electron chi connectivity index (χ3n) is 3.54. The lowest BCUT2D eigenvalue weighted by molar-refractivity contribution is 0.0951. The molecule has 1 N–H and O–H groups in total. The van der Waals surface area contributed by atoms with Crippen LogP contribution in [-0.2, 0) is 0 Å². The Labute approximate surface area is 152 Å². The fourth-order valence-electron chi connectivity index (χ4n) is 2.38. The summed E-state index contributed by atoms with van der Waals surface area (Å²) in [5, 5.41) is 4.00. The molecule has 2 rings (SSSR count). The van der Waals surface area contributed by atoms with Gasteiger partial charge in [-0.3, -0.25) is 4.79 Å². The molecule has 2 aromatic rings. The fraction of sp³-hybridized carbons (Fsp3) is 0.263. The maximum Gasteiger partial charge on any atom is 0.275 e. The molecule has 0 heterocycles. The summed E-state index contributed by atoms with van der Waals surface area (Å²) in [6, 6.07) is 10.5. The lowest BCUT2D eigenvalue weighted by atomic mass is 10.2. The van der Waals surface area contributed by atoms with Crippen molar-refractivity contribution in [3.8, 4) is 23.0 Å². The number of para-hydroxylation sites is 1. The van der Waals surface area contributed by atoms with Crippen molar-refractivity contribution in [1.29, 1.82) is 0 Å². The molecule has 0 saturated carbocycles. The molecule has 7 heteroatoms. The molecule has 0 aliphatic carbocycles. The normalized spacial score (nSPS) is 10.5. The van der Waals surface area contributed by atoms with Gasteiger partial charge in [-0.05, 0) is 31.2 Å². The van der Waals surface area contributed by atoms with Gasteiger partial charge in [0, 0.05) is 5.56 Å². The SMILES string of the molecule is CCOc1ccccc1C(=O)N/N=C\c1ccc(OC)c(OC)c1OC. The molecular formula is C19H22N2O5. The lowest BCUT2D eigenvalue weighted by Crippen LogP contribution is -2.18. The van der Waals surface area contributed by atoms with E-state index in [1.54, 1.807) is 43.5 Å². The zero-order valence-electron chi connectivity index (χ0n) is 15.2. The minimum atomic E-state index is -0.371. The van der Waals surface area contributed by atoms with Gasteiger partial charge in [-0.2, -0.15) is 5.10 Å². The summed E-state index contributed by atoms with van der Waals surface area (Å²) >= 11 is 0. The highest BCUT2D eigenvalue weighted by Gasteiger charge is 2.15. The van der Waals surface area contributed by atoms with Crippen LogP contribution in [0, 0.1) is 0 Å². The minimum Gasteiger partial charge on any atom is -0.493 e. The number of rotatable bonds is 8. The maximum absolute atomic E-state index is 12.3. The number of ether oxygens (including phenoxy) is 4. The van der Waals surface area contributed by atoms with Crippen LogP contribution in [0.2, 0.25) is 0 Å². The van der Waals surface area contributed by atoms with E-state index in [-0.39, 0.29) is 5.91 Å². The predicted molar refractivity (Wildman–Crippen MR) is 98.8 cm³/mol. The minimum absolute atomic E-state index is 0.371. The summed E-state index contributed by atoms with van der Waals surface area (Å²) in [5.41, 5.74) is 3.52. The van der Waals surface area contributed by atoms with Crippen molar-refractivity contribution in [3.63, 3.8) is 0 Å². The summed E-state index contributed by atoms with van der Waals surface area (Å²) in [4.78, 5) is 12.3. The molecule has 0 aliphatic heterocycles. The molecular weight excluding hydrogens is 336 g/mol. The van der Waals surface area contributed by atoms with E-state index >= 15 is 0 Å². The third-order valence-corrected chi connectivity index (χ3v) is 3.54. The van der Waals surface area contributed by atoms with Crippen molar-refractivity contribution in [2.45, 2.75) is 6.92 Å². The first-order chi connectivity index (χ1) is 12.7. The third kappa shape index (κ3) is 4.24. The van der Waals surface area contributed by atoms with Crippen LogP contribution in [0.25, 0.3) is 0 Å². The van der Waals surface area contributed by atoms with Crippen LogP contribution < -0.4 is 24.4 Å². The molecule has 0 bridgehead atoms. The average Bonchev–Trinajstić information content (AvgIpc) is 2.67. The van der Waals surface area contributed by atoms with Crippen LogP contribution in [0.15, 0.2) is 41.5 Å². The van der Waals surface area contributed by atoms with Gasteiger partial charge in [-0.1, -0.05) is 12.1 Å². The number of carbonyl (C=O) groups excluding carboxylic acids is 1. The summed E-state index contributed by atoms with van der Waals surface area (Å²) in [6.07, 6.45) is 1.47. The molecule has 0 atom stereocenters. The molecule has 0 fully saturated rings. The Bertz CT molecular complexity index is 789. The summed E-state index contributed by atoms with van der Waals surface area (Å²) in [7, 11) is 4.58. The van der Waals surface area contributed by atoms with Gasteiger partial charge in [0.25, 0.3) is 5.91 Å². The van der Waals surface area contributed by atoms with E-state index in [2.05, 4.69) is 10.5 Å². The Hall–Kier alpha value is -3.22. The van der Waals surface area contributed by atoms with Crippen LogP contribution in [0.5, 0.6) is 23.0 Å². The van der Waals surface area contributed by atoms with E-state index in [1.807, 2.05) is 6.92 Å². The van der Waals surface area contributed by atoms with E-state index < -0.39 is 0 Å². The number of benzene rings is 2. The number of hydrazone groups is 1. The maximum atomic E-state index is 12.3. The van der Waals surface area contributed by atoms with Crippen molar-refractivity contribution in [2.75, 3.05) is 27.9 Å². The first kappa shape index (κ1) is 19.1. The lowest BCUT2D eigenvalue weighted by Gasteiger charge is -2.13. The molecule has 7 nitrogen and oxygen atoms in total. The highest BCUT2D eigenvalue weighted by molar-refractivity contribution is 5.97. The van der Waals surface area contributed by atoms with E-state index in [0.29, 0.717) is 40.7 Å². The van der Waals surface area contributed by atoms with Gasteiger partial charge in [-0.15, -0.1) is 0 Å². The Morgan fingerprint density at radius 2 is 1.73 bits per heavy atom. The second-order valence-corrected chi connectivity index (χ2v) is 5.05. The molecule has 0 radical (unpaired) electrons. The van der Waals surface area contributed by atoms with Gasteiger partial charge < -0.3 is 18.9 Å². The van der Waals surface area contributed by atoms with Gasteiger partial charge in [0.1, 0.15) is 5.75 Å². The topological polar surface area (TPSA) is 78.4 Å². The van der Waals surface area contributed by atoms with Gasteiger partial charge in [0.2, 0.25) is 5.75 Å². The highest BCUT2D eigenvalue weighted by Crippen LogP contribution is 2.38. The van der Waals surface area contributed by atoms with E-state index in [1.165, 1.54) is 20.4 Å². The van der Waals surface area contributed by atoms with Crippen molar-refractivity contribution in [1.82, 2.24) is 5.43 Å². The number of carbonyl (C=O) groups is 1. The van der Waals surface area contributed by atoms with Crippen molar-refractivity contribution >= 4 is 12.1 Å². The second kappa shape index (κ2) is 9.31. The largest absolute Gasteiger partial charge is 0.493 e. The quantitative estimate of drug-likeness (QED) is 0.580. The summed E-state index contributed by atoms with van der Waals surface area (Å²) in [5.74, 6) is 1.58. The Morgan fingerprint density at radius 1 is 1.00 bits per heavy atom. The molecule has 0 unspecified atom stereocenters. The zero-order chi connectivity index (χ0) is 18.9. The number of hydrogen-bond acceptors (Lipinski definition) is 6.